The van der Waals surface area contributed by atoms with Crippen LogP contribution < -0.4 is 10.9 Å². The van der Waals surface area contributed by atoms with Crippen molar-refractivity contribution in [2.75, 3.05) is 13.1 Å². The predicted octanol–water partition coefficient (Wildman–Crippen LogP) is 1.04. The summed E-state index contributed by atoms with van der Waals surface area (Å²) in [5.41, 5.74) is 0.720. The summed E-state index contributed by atoms with van der Waals surface area (Å²) >= 11 is 5.96. The van der Waals surface area contributed by atoms with Crippen LogP contribution in [0, 0.1) is 11.8 Å². The van der Waals surface area contributed by atoms with E-state index < -0.39 is 23.3 Å². The number of carbonyl (C=O) groups excluding carboxylic acids is 3. The Bertz CT molecular complexity index is 978. The molecule has 8 heteroatoms. The summed E-state index contributed by atoms with van der Waals surface area (Å²) < 4.78 is 0. The molecule has 0 saturated carbocycles. The van der Waals surface area contributed by atoms with Crippen molar-refractivity contribution in [1.29, 1.82) is 0 Å². The molecule has 0 unspecified atom stereocenters. The van der Waals surface area contributed by atoms with Crippen LogP contribution in [0.25, 0.3) is 11.3 Å². The van der Waals surface area contributed by atoms with E-state index in [-0.39, 0.29) is 30.5 Å². The average molecular weight is 372 g/mol. The fourth-order valence-electron chi connectivity index (χ4n) is 3.44. The lowest BCUT2D eigenvalue weighted by Gasteiger charge is -2.16. The Kier molecular flexibility index (Phi) is 3.88. The Morgan fingerprint density at radius 1 is 1.04 bits per heavy atom. The van der Waals surface area contributed by atoms with Gasteiger partial charge in [-0.3, -0.25) is 24.5 Å². The third-order valence-corrected chi connectivity index (χ3v) is 5.04. The van der Waals surface area contributed by atoms with Crippen LogP contribution in [0.1, 0.15) is 10.4 Å². The molecule has 7 nitrogen and oxygen atoms in total. The van der Waals surface area contributed by atoms with Crippen LogP contribution in [0.5, 0.6) is 0 Å². The minimum absolute atomic E-state index is 0.0244. The summed E-state index contributed by atoms with van der Waals surface area (Å²) in [6.07, 6.45) is 0. The fraction of sp³-hybridized carbons (Fsp3) is 0.222. The Balaban J connectivity index is 1.59. The first-order chi connectivity index (χ1) is 12.4. The highest BCUT2D eigenvalue weighted by molar-refractivity contribution is 6.30. The van der Waals surface area contributed by atoms with Gasteiger partial charge in [-0.2, -0.15) is 0 Å². The van der Waals surface area contributed by atoms with E-state index in [1.165, 1.54) is 11.0 Å². The number of hydrogen-bond donors (Lipinski definition) is 2. The summed E-state index contributed by atoms with van der Waals surface area (Å²) in [6.45, 7) is 0.271. The van der Waals surface area contributed by atoms with Crippen molar-refractivity contribution in [3.05, 3.63) is 57.3 Å². The van der Waals surface area contributed by atoms with Gasteiger partial charge in [0.15, 0.2) is 0 Å². The molecule has 2 atom stereocenters. The molecule has 3 amide bonds. The number of imide groups is 1. The number of amides is 3. The number of hydrogen-bond acceptors (Lipinski definition) is 4. The SMILES string of the molecule is O=C1NC(=O)[C@@H]2CN(C(=O)c3ccc(-c4cccc(Cl)c4)[nH]c3=O)C[C@H]12. The van der Waals surface area contributed by atoms with Gasteiger partial charge in [0, 0.05) is 23.8 Å². The van der Waals surface area contributed by atoms with Gasteiger partial charge in [0.1, 0.15) is 5.56 Å². The van der Waals surface area contributed by atoms with E-state index in [1.54, 1.807) is 30.3 Å². The number of aromatic nitrogens is 1. The van der Waals surface area contributed by atoms with Crippen molar-refractivity contribution < 1.29 is 14.4 Å². The standard InChI is InChI=1S/C18H14ClN3O4/c19-10-3-1-2-9(6-10)14-5-4-11(15(23)20-14)18(26)22-7-12-13(8-22)17(25)21-16(12)24/h1-6,12-13H,7-8H2,(H,20,23)(H,21,24,25)/t12-,13+. The highest BCUT2D eigenvalue weighted by Crippen LogP contribution is 2.29. The zero-order valence-electron chi connectivity index (χ0n) is 13.5. The van der Waals surface area contributed by atoms with Crippen molar-refractivity contribution in [3.8, 4) is 11.3 Å². The van der Waals surface area contributed by atoms with Gasteiger partial charge in [0.25, 0.3) is 11.5 Å². The molecule has 3 heterocycles. The number of fused-ring (bicyclic) bond motifs is 1. The lowest BCUT2D eigenvalue weighted by Crippen LogP contribution is -2.37. The number of rotatable bonds is 2. The van der Waals surface area contributed by atoms with Crippen LogP contribution in [0.3, 0.4) is 0 Å². The number of carbonyl (C=O) groups is 3. The highest BCUT2D eigenvalue weighted by atomic mass is 35.5. The molecule has 0 bridgehead atoms. The number of likely N-dealkylation sites (tertiary alicyclic amines) is 1. The summed E-state index contributed by atoms with van der Waals surface area (Å²) in [5, 5.41) is 2.80. The van der Waals surface area contributed by atoms with E-state index >= 15 is 0 Å². The van der Waals surface area contributed by atoms with Gasteiger partial charge in [-0.1, -0.05) is 23.7 Å². The smallest absolute Gasteiger partial charge is 0.261 e. The minimum atomic E-state index is -0.531. The molecule has 2 aromatic rings. The number of H-pyrrole nitrogens is 1. The van der Waals surface area contributed by atoms with Crippen molar-refractivity contribution in [1.82, 2.24) is 15.2 Å². The molecule has 2 aliphatic rings. The summed E-state index contributed by atoms with van der Waals surface area (Å²) in [7, 11) is 0. The normalized spacial score (nSPS) is 21.7. The van der Waals surface area contributed by atoms with Gasteiger partial charge in [-0.25, -0.2) is 0 Å². The van der Waals surface area contributed by atoms with E-state index in [1.807, 2.05) is 0 Å². The molecule has 132 valence electrons. The van der Waals surface area contributed by atoms with Crippen molar-refractivity contribution >= 4 is 29.3 Å². The van der Waals surface area contributed by atoms with E-state index in [0.29, 0.717) is 10.7 Å². The molecule has 1 aromatic carbocycles. The van der Waals surface area contributed by atoms with Gasteiger partial charge in [0.2, 0.25) is 11.8 Å². The van der Waals surface area contributed by atoms with E-state index in [9.17, 15) is 19.2 Å². The van der Waals surface area contributed by atoms with Crippen molar-refractivity contribution in [3.63, 3.8) is 0 Å². The monoisotopic (exact) mass is 371 g/mol. The number of halogens is 1. The minimum Gasteiger partial charge on any atom is -0.337 e. The molecule has 2 N–H and O–H groups in total. The van der Waals surface area contributed by atoms with Gasteiger partial charge in [0.05, 0.1) is 11.8 Å². The van der Waals surface area contributed by atoms with Gasteiger partial charge in [-0.15, -0.1) is 0 Å². The third-order valence-electron chi connectivity index (χ3n) is 4.80. The number of nitrogens with one attached hydrogen (secondary N) is 2. The number of pyridine rings is 1. The molecule has 26 heavy (non-hydrogen) atoms. The molecule has 1 aromatic heterocycles. The van der Waals surface area contributed by atoms with Crippen LogP contribution in [0.2, 0.25) is 5.02 Å². The average Bonchev–Trinajstić information content (AvgIpc) is 3.16. The maximum absolute atomic E-state index is 12.7. The van der Waals surface area contributed by atoms with Gasteiger partial charge in [-0.05, 0) is 29.8 Å². The van der Waals surface area contributed by atoms with E-state index in [4.69, 9.17) is 11.6 Å². The molecular formula is C18H14ClN3O4. The van der Waals surface area contributed by atoms with E-state index in [2.05, 4.69) is 10.3 Å². The molecular weight excluding hydrogens is 358 g/mol. The van der Waals surface area contributed by atoms with Gasteiger partial charge < -0.3 is 9.88 Å². The summed E-state index contributed by atoms with van der Waals surface area (Å²) in [5.74, 6) is -2.27. The third kappa shape index (κ3) is 2.70. The first-order valence-corrected chi connectivity index (χ1v) is 8.45. The Morgan fingerprint density at radius 3 is 2.35 bits per heavy atom. The van der Waals surface area contributed by atoms with Crippen LogP contribution >= 0.6 is 11.6 Å². The Morgan fingerprint density at radius 2 is 1.73 bits per heavy atom. The summed E-state index contributed by atoms with van der Waals surface area (Å²) in [4.78, 5) is 52.6. The predicted molar refractivity (Wildman–Crippen MR) is 93.5 cm³/mol. The second kappa shape index (κ2) is 6.10. The zero-order valence-corrected chi connectivity index (χ0v) is 14.2. The van der Waals surface area contributed by atoms with Crippen LogP contribution in [-0.4, -0.2) is 40.7 Å². The topological polar surface area (TPSA) is 99.3 Å². The van der Waals surface area contributed by atoms with Crippen LogP contribution in [-0.2, 0) is 9.59 Å². The van der Waals surface area contributed by atoms with Gasteiger partial charge >= 0.3 is 0 Å². The maximum atomic E-state index is 12.7. The second-order valence-corrected chi connectivity index (χ2v) is 6.84. The molecule has 0 aliphatic carbocycles. The molecule has 2 fully saturated rings. The van der Waals surface area contributed by atoms with Crippen molar-refractivity contribution in [2.24, 2.45) is 11.8 Å². The fourth-order valence-corrected chi connectivity index (χ4v) is 3.63. The molecule has 0 spiro atoms. The summed E-state index contributed by atoms with van der Waals surface area (Å²) in [6, 6.07) is 10.1. The van der Waals surface area contributed by atoms with Crippen LogP contribution in [0.15, 0.2) is 41.2 Å². The first kappa shape index (κ1) is 16.5. The molecule has 2 saturated heterocycles. The van der Waals surface area contributed by atoms with Crippen molar-refractivity contribution in [2.45, 2.75) is 0 Å². The number of aromatic amines is 1. The van der Waals surface area contributed by atoms with Crippen LogP contribution in [0.4, 0.5) is 0 Å². The quantitative estimate of drug-likeness (QED) is 0.770. The number of nitrogens with zero attached hydrogens (tertiary/aromatic N) is 1. The largest absolute Gasteiger partial charge is 0.337 e. The lowest BCUT2D eigenvalue weighted by molar-refractivity contribution is -0.126. The Labute approximate surface area is 153 Å². The molecule has 4 rings (SSSR count). The lowest BCUT2D eigenvalue weighted by atomic mass is 10.00. The highest BCUT2D eigenvalue weighted by Gasteiger charge is 2.49. The number of benzene rings is 1. The second-order valence-electron chi connectivity index (χ2n) is 6.40. The Hall–Kier alpha value is -2.93. The first-order valence-electron chi connectivity index (χ1n) is 8.07. The molecule has 0 radical (unpaired) electrons. The molecule has 2 aliphatic heterocycles. The van der Waals surface area contributed by atoms with E-state index in [0.717, 1.165) is 5.56 Å². The zero-order chi connectivity index (χ0) is 18.4. The maximum Gasteiger partial charge on any atom is 0.261 e.